The molecule has 0 radical (unpaired) electrons. The molecule has 0 aliphatic heterocycles. The van der Waals surface area contributed by atoms with Crippen LogP contribution in [0.1, 0.15) is 12.0 Å². The normalized spacial score (nSPS) is 11.0. The highest BCUT2D eigenvalue weighted by atomic mass is 16.5. The molecule has 0 fully saturated rings. The van der Waals surface area contributed by atoms with Crippen LogP contribution in [0.25, 0.3) is 22.0 Å². The number of hydrogen-bond acceptors (Lipinski definition) is 5. The van der Waals surface area contributed by atoms with Crippen LogP contribution < -0.4 is 16.2 Å². The van der Waals surface area contributed by atoms with E-state index in [2.05, 4.69) is 27.8 Å². The van der Waals surface area contributed by atoms with Gasteiger partial charge in [0.25, 0.3) is 5.56 Å². The van der Waals surface area contributed by atoms with Gasteiger partial charge in [-0.2, -0.15) is 0 Å². The van der Waals surface area contributed by atoms with Gasteiger partial charge in [0.05, 0.1) is 11.1 Å². The van der Waals surface area contributed by atoms with Crippen LogP contribution in [0.3, 0.4) is 0 Å². The summed E-state index contributed by atoms with van der Waals surface area (Å²) in [7, 11) is 1.72. The second-order valence-corrected chi connectivity index (χ2v) is 7.34. The van der Waals surface area contributed by atoms with Crippen molar-refractivity contribution in [3.63, 3.8) is 0 Å². The average Bonchev–Trinajstić information content (AvgIpc) is 2.80. The molecule has 2 aromatic heterocycles. The summed E-state index contributed by atoms with van der Waals surface area (Å²) in [6.45, 7) is 2.48. The van der Waals surface area contributed by atoms with Crippen molar-refractivity contribution in [2.75, 3.05) is 25.6 Å². The Bertz CT molecular complexity index is 1190. The van der Waals surface area contributed by atoms with E-state index in [1.807, 2.05) is 54.6 Å². The fraction of sp³-hybridized carbons (Fsp3) is 0.200. The average molecular weight is 415 g/mol. The molecule has 0 spiro atoms. The lowest BCUT2D eigenvalue weighted by atomic mass is 10.1. The molecule has 2 aromatic carbocycles. The van der Waals surface area contributed by atoms with Gasteiger partial charge in [0.2, 0.25) is 0 Å². The number of nitrogens with one attached hydrogen (secondary N) is 3. The molecule has 0 amide bonds. The summed E-state index contributed by atoms with van der Waals surface area (Å²) < 4.78 is 5.06. The Morgan fingerprint density at radius 3 is 2.61 bits per heavy atom. The fourth-order valence-electron chi connectivity index (χ4n) is 3.48. The molecule has 6 nitrogen and oxygen atoms in total. The first-order chi connectivity index (χ1) is 15.2. The zero-order chi connectivity index (χ0) is 21.5. The Balaban J connectivity index is 1.58. The van der Waals surface area contributed by atoms with E-state index >= 15 is 0 Å². The van der Waals surface area contributed by atoms with Crippen molar-refractivity contribution in [1.82, 2.24) is 15.3 Å². The van der Waals surface area contributed by atoms with Crippen LogP contribution >= 0.6 is 0 Å². The molecule has 0 aliphatic carbocycles. The van der Waals surface area contributed by atoms with Crippen LogP contribution in [0, 0.1) is 0 Å². The molecule has 0 atom stereocenters. The smallest absolute Gasteiger partial charge is 0.259 e. The number of nitrogens with zero attached hydrogens (tertiary/aromatic N) is 1. The fourth-order valence-corrected chi connectivity index (χ4v) is 3.48. The van der Waals surface area contributed by atoms with Gasteiger partial charge in [-0.05, 0) is 48.2 Å². The minimum absolute atomic E-state index is 0.163. The lowest BCUT2D eigenvalue weighted by Crippen LogP contribution is -2.16. The highest BCUT2D eigenvalue weighted by Crippen LogP contribution is 2.27. The zero-order valence-corrected chi connectivity index (χ0v) is 17.5. The minimum Gasteiger partial charge on any atom is -0.385 e. The van der Waals surface area contributed by atoms with Gasteiger partial charge in [-0.25, -0.2) is 4.98 Å². The molecule has 158 valence electrons. The molecule has 4 aromatic rings. The lowest BCUT2D eigenvalue weighted by Gasteiger charge is -2.12. The maximum absolute atomic E-state index is 12.5. The molecule has 31 heavy (non-hydrogen) atoms. The Kier molecular flexibility index (Phi) is 6.72. The van der Waals surface area contributed by atoms with Gasteiger partial charge >= 0.3 is 0 Å². The van der Waals surface area contributed by atoms with E-state index < -0.39 is 0 Å². The third kappa shape index (κ3) is 5.17. The third-order valence-corrected chi connectivity index (χ3v) is 5.07. The standard InChI is InChI=1S/C25H26N4O2/c1-31-15-5-13-26-17-18-8-10-21(11-9-18)28-24-23-20(12-14-27-25(23)30)16-22(29-24)19-6-3-2-4-7-19/h2-4,6-12,14,16,26H,5,13,15,17H2,1H3,(H,27,30)(H,28,29). The van der Waals surface area contributed by atoms with Crippen molar-refractivity contribution in [3.8, 4) is 11.3 Å². The Morgan fingerprint density at radius 1 is 1.03 bits per heavy atom. The van der Waals surface area contributed by atoms with Gasteiger partial charge in [0.1, 0.15) is 5.82 Å². The Labute approximate surface area is 181 Å². The number of ether oxygens (including phenoxy) is 1. The van der Waals surface area contributed by atoms with Gasteiger partial charge in [0.15, 0.2) is 0 Å². The monoisotopic (exact) mass is 414 g/mol. The lowest BCUT2D eigenvalue weighted by molar-refractivity contribution is 0.194. The molecule has 0 saturated carbocycles. The first-order valence-electron chi connectivity index (χ1n) is 10.4. The van der Waals surface area contributed by atoms with Crippen LogP contribution in [-0.2, 0) is 11.3 Å². The third-order valence-electron chi connectivity index (χ3n) is 5.07. The summed E-state index contributed by atoms with van der Waals surface area (Å²) in [5.74, 6) is 0.545. The minimum atomic E-state index is -0.163. The predicted octanol–water partition coefficient (Wildman–Crippen LogP) is 4.46. The van der Waals surface area contributed by atoms with E-state index in [1.165, 1.54) is 5.56 Å². The maximum Gasteiger partial charge on any atom is 0.259 e. The number of anilines is 2. The van der Waals surface area contributed by atoms with E-state index in [-0.39, 0.29) is 5.56 Å². The first-order valence-corrected chi connectivity index (χ1v) is 10.4. The summed E-state index contributed by atoms with van der Waals surface area (Å²) in [6.07, 6.45) is 2.65. The SMILES string of the molecule is COCCCNCc1ccc(Nc2nc(-c3ccccc3)cc3cc[nH]c(=O)c23)cc1. The highest BCUT2D eigenvalue weighted by molar-refractivity contribution is 5.95. The van der Waals surface area contributed by atoms with Gasteiger partial charge in [-0.15, -0.1) is 0 Å². The quantitative estimate of drug-likeness (QED) is 0.353. The van der Waals surface area contributed by atoms with Crippen LogP contribution in [-0.4, -0.2) is 30.2 Å². The molecule has 0 bridgehead atoms. The van der Waals surface area contributed by atoms with Gasteiger partial charge in [-0.1, -0.05) is 42.5 Å². The Morgan fingerprint density at radius 2 is 1.84 bits per heavy atom. The summed E-state index contributed by atoms with van der Waals surface area (Å²) in [5, 5.41) is 8.14. The van der Waals surface area contributed by atoms with E-state index in [0.29, 0.717) is 11.2 Å². The molecule has 6 heteroatoms. The number of benzene rings is 2. The number of methoxy groups -OCH3 is 1. The summed E-state index contributed by atoms with van der Waals surface area (Å²) in [6, 6.07) is 22.0. The second-order valence-electron chi connectivity index (χ2n) is 7.34. The molecule has 0 saturated heterocycles. The molecule has 2 heterocycles. The molecule has 0 unspecified atom stereocenters. The number of pyridine rings is 2. The van der Waals surface area contributed by atoms with Crippen molar-refractivity contribution in [2.24, 2.45) is 0 Å². The molecule has 3 N–H and O–H groups in total. The maximum atomic E-state index is 12.5. The summed E-state index contributed by atoms with van der Waals surface area (Å²) >= 11 is 0. The van der Waals surface area contributed by atoms with Crippen molar-refractivity contribution >= 4 is 22.3 Å². The van der Waals surface area contributed by atoms with E-state index in [4.69, 9.17) is 9.72 Å². The van der Waals surface area contributed by atoms with Crippen LogP contribution in [0.4, 0.5) is 11.5 Å². The highest BCUT2D eigenvalue weighted by Gasteiger charge is 2.11. The van der Waals surface area contributed by atoms with Crippen molar-refractivity contribution in [3.05, 3.63) is 88.8 Å². The summed E-state index contributed by atoms with van der Waals surface area (Å²) in [4.78, 5) is 20.1. The number of aromatic nitrogens is 2. The number of fused-ring (bicyclic) bond motifs is 1. The van der Waals surface area contributed by atoms with E-state index in [9.17, 15) is 4.79 Å². The van der Waals surface area contributed by atoms with Crippen LogP contribution in [0.5, 0.6) is 0 Å². The molecule has 0 aliphatic rings. The largest absolute Gasteiger partial charge is 0.385 e. The molecule has 4 rings (SSSR count). The predicted molar refractivity (Wildman–Crippen MR) is 126 cm³/mol. The van der Waals surface area contributed by atoms with Crippen molar-refractivity contribution in [1.29, 1.82) is 0 Å². The van der Waals surface area contributed by atoms with Crippen LogP contribution in [0.15, 0.2) is 77.7 Å². The van der Waals surface area contributed by atoms with Gasteiger partial charge in [-0.3, -0.25) is 4.79 Å². The number of hydrogen-bond donors (Lipinski definition) is 3. The number of H-pyrrole nitrogens is 1. The number of aromatic amines is 1. The van der Waals surface area contributed by atoms with Crippen molar-refractivity contribution in [2.45, 2.75) is 13.0 Å². The zero-order valence-electron chi connectivity index (χ0n) is 17.5. The van der Waals surface area contributed by atoms with Gasteiger partial charge in [0, 0.05) is 37.7 Å². The van der Waals surface area contributed by atoms with Gasteiger partial charge < -0.3 is 20.4 Å². The van der Waals surface area contributed by atoms with Crippen molar-refractivity contribution < 1.29 is 4.74 Å². The topological polar surface area (TPSA) is 79.0 Å². The number of rotatable bonds is 9. The summed E-state index contributed by atoms with van der Waals surface area (Å²) in [5.41, 5.74) is 3.73. The molecular formula is C25H26N4O2. The second kappa shape index (κ2) is 10.0. The van der Waals surface area contributed by atoms with E-state index in [1.54, 1.807) is 13.3 Å². The first kappa shape index (κ1) is 20.8. The van der Waals surface area contributed by atoms with Crippen LogP contribution in [0.2, 0.25) is 0 Å². The Hall–Kier alpha value is -3.48. The van der Waals surface area contributed by atoms with E-state index in [0.717, 1.165) is 48.4 Å². The molecular weight excluding hydrogens is 388 g/mol.